The molecule has 1 fully saturated rings. The summed E-state index contributed by atoms with van der Waals surface area (Å²) in [7, 11) is 0. The second-order valence-corrected chi connectivity index (χ2v) is 9.99. The molecule has 0 unspecified atom stereocenters. The number of aromatic nitrogens is 3. The maximum absolute atomic E-state index is 12.0. The third-order valence-corrected chi connectivity index (χ3v) is 6.12. The molecule has 2 N–H and O–H groups in total. The number of amides is 2. The van der Waals surface area contributed by atoms with E-state index in [1.165, 1.54) is 5.69 Å². The van der Waals surface area contributed by atoms with Crippen molar-refractivity contribution in [2.24, 2.45) is 17.8 Å². The Hall–Kier alpha value is -2.12. The van der Waals surface area contributed by atoms with Crippen LogP contribution >= 0.6 is 0 Å². The van der Waals surface area contributed by atoms with Gasteiger partial charge in [0.05, 0.1) is 23.5 Å². The molecule has 1 aromatic heterocycles. The topological polar surface area (TPSA) is 98.1 Å². The lowest BCUT2D eigenvalue weighted by atomic mass is 10.00. The first-order chi connectivity index (χ1) is 14.2. The predicted octanol–water partition coefficient (Wildman–Crippen LogP) is 2.81. The zero-order valence-corrected chi connectivity index (χ0v) is 19.0. The highest BCUT2D eigenvalue weighted by molar-refractivity contribution is 5.76. The van der Waals surface area contributed by atoms with Gasteiger partial charge in [-0.3, -0.25) is 4.79 Å². The van der Waals surface area contributed by atoms with E-state index < -0.39 is 0 Å². The van der Waals surface area contributed by atoms with Crippen molar-refractivity contribution in [3.8, 4) is 0 Å². The van der Waals surface area contributed by atoms with Crippen LogP contribution < -0.4 is 10.6 Å². The van der Waals surface area contributed by atoms with Gasteiger partial charge >= 0.3 is 6.09 Å². The summed E-state index contributed by atoms with van der Waals surface area (Å²) in [5.74, 6) is 1.70. The second-order valence-electron chi connectivity index (χ2n) is 9.99. The zero-order chi connectivity index (χ0) is 21.9. The normalized spacial score (nSPS) is 23.1. The van der Waals surface area contributed by atoms with Crippen molar-refractivity contribution in [1.82, 2.24) is 25.6 Å². The first-order valence-corrected chi connectivity index (χ1v) is 11.3. The number of alkyl carbamates (subject to hydrolysis) is 1. The Kier molecular flexibility index (Phi) is 7.03. The molecule has 0 radical (unpaired) electrons. The van der Waals surface area contributed by atoms with E-state index in [0.29, 0.717) is 43.7 Å². The minimum Gasteiger partial charge on any atom is -0.449 e. The molecule has 0 saturated heterocycles. The van der Waals surface area contributed by atoms with Crippen molar-refractivity contribution in [1.29, 1.82) is 0 Å². The minimum atomic E-state index is -0.383. The van der Waals surface area contributed by atoms with Gasteiger partial charge in [-0.2, -0.15) is 0 Å². The molecule has 168 valence electrons. The molecule has 0 bridgehead atoms. The van der Waals surface area contributed by atoms with E-state index in [2.05, 4.69) is 46.4 Å². The summed E-state index contributed by atoms with van der Waals surface area (Å²) < 4.78 is 7.54. The molecule has 2 aliphatic carbocycles. The molecule has 2 amide bonds. The molecule has 2 aliphatic rings. The Morgan fingerprint density at radius 2 is 1.90 bits per heavy atom. The van der Waals surface area contributed by atoms with Gasteiger partial charge in [-0.05, 0) is 84.5 Å². The van der Waals surface area contributed by atoms with Gasteiger partial charge in [0.2, 0.25) is 5.91 Å². The highest BCUT2D eigenvalue weighted by Crippen LogP contribution is 2.53. The number of carbonyl (C=O) groups is 2. The summed E-state index contributed by atoms with van der Waals surface area (Å²) in [4.78, 5) is 23.6. The van der Waals surface area contributed by atoms with Crippen LogP contribution in [-0.2, 0) is 27.9 Å². The molecule has 8 heteroatoms. The van der Waals surface area contributed by atoms with Gasteiger partial charge in [0.25, 0.3) is 0 Å². The molecule has 0 aromatic carbocycles. The molecule has 1 heterocycles. The molecule has 1 saturated carbocycles. The Bertz CT molecular complexity index is 752. The van der Waals surface area contributed by atoms with E-state index >= 15 is 0 Å². The number of ether oxygens (including phenoxy) is 1. The van der Waals surface area contributed by atoms with E-state index in [4.69, 9.17) is 4.74 Å². The first-order valence-electron chi connectivity index (χ1n) is 11.3. The summed E-state index contributed by atoms with van der Waals surface area (Å²) in [6, 6.07) is 0.141. The maximum atomic E-state index is 12.0. The lowest BCUT2D eigenvalue weighted by molar-refractivity contribution is -0.121. The highest BCUT2D eigenvalue weighted by atomic mass is 16.5. The standard InChI is InChI=1S/C22H37N5O3/c1-14(2)24-20(28)7-6-12-23-21(29)30-13-17-15-8-10-18-19(11-9-16(15)17)27(26-25-18)22(3,4)5/h14-17H,6-13H2,1-5H3,(H,23,29)(H,24,28)/t15-,16+,17-/m1/s1. The van der Waals surface area contributed by atoms with Crippen molar-refractivity contribution >= 4 is 12.0 Å². The summed E-state index contributed by atoms with van der Waals surface area (Å²) >= 11 is 0. The Morgan fingerprint density at radius 1 is 1.20 bits per heavy atom. The number of nitrogens with one attached hydrogen (secondary N) is 2. The SMILES string of the molecule is CC(C)NC(=O)CCCNC(=O)OC[C@@H]1[C@@H]2CCc3nnn(C(C)(C)C)c3CC[C@@H]21. The van der Waals surface area contributed by atoms with E-state index in [9.17, 15) is 9.59 Å². The van der Waals surface area contributed by atoms with E-state index in [-0.39, 0.29) is 23.6 Å². The zero-order valence-electron chi connectivity index (χ0n) is 19.0. The summed E-state index contributed by atoms with van der Waals surface area (Å²) in [6.07, 6.45) is 4.76. The van der Waals surface area contributed by atoms with Gasteiger partial charge in [0, 0.05) is 19.0 Å². The fraction of sp³-hybridized carbons (Fsp3) is 0.818. The van der Waals surface area contributed by atoms with Crippen LogP contribution in [0.5, 0.6) is 0 Å². The van der Waals surface area contributed by atoms with Crippen LogP contribution in [0.1, 0.15) is 71.7 Å². The third kappa shape index (κ3) is 5.73. The van der Waals surface area contributed by atoms with Crippen LogP contribution in [0.25, 0.3) is 0 Å². The van der Waals surface area contributed by atoms with Gasteiger partial charge in [-0.25, -0.2) is 9.48 Å². The lowest BCUT2D eigenvalue weighted by Gasteiger charge is -2.22. The van der Waals surface area contributed by atoms with Crippen molar-refractivity contribution < 1.29 is 14.3 Å². The predicted molar refractivity (Wildman–Crippen MR) is 114 cm³/mol. The number of carbonyl (C=O) groups excluding carboxylic acids is 2. The fourth-order valence-corrected chi connectivity index (χ4v) is 4.61. The third-order valence-electron chi connectivity index (χ3n) is 6.12. The van der Waals surface area contributed by atoms with Crippen LogP contribution in [-0.4, -0.2) is 46.2 Å². The quantitative estimate of drug-likeness (QED) is 0.662. The van der Waals surface area contributed by atoms with Gasteiger partial charge in [0.1, 0.15) is 0 Å². The van der Waals surface area contributed by atoms with Crippen LogP contribution in [0.3, 0.4) is 0 Å². The number of fused-ring (bicyclic) bond motifs is 2. The molecule has 3 rings (SSSR count). The van der Waals surface area contributed by atoms with Crippen molar-refractivity contribution in [3.63, 3.8) is 0 Å². The number of nitrogens with zero attached hydrogens (tertiary/aromatic N) is 3. The first kappa shape index (κ1) is 22.6. The van der Waals surface area contributed by atoms with Gasteiger partial charge < -0.3 is 15.4 Å². The second kappa shape index (κ2) is 9.35. The van der Waals surface area contributed by atoms with Crippen LogP contribution in [0, 0.1) is 17.8 Å². The molecule has 30 heavy (non-hydrogen) atoms. The number of hydrogen-bond donors (Lipinski definition) is 2. The Balaban J connectivity index is 1.37. The largest absolute Gasteiger partial charge is 0.449 e. The Labute approximate surface area is 179 Å². The molecule has 8 nitrogen and oxygen atoms in total. The Morgan fingerprint density at radius 3 is 2.57 bits per heavy atom. The molecule has 0 spiro atoms. The van der Waals surface area contributed by atoms with Crippen LogP contribution in [0.4, 0.5) is 4.79 Å². The molecular formula is C22H37N5O3. The maximum Gasteiger partial charge on any atom is 0.407 e. The lowest BCUT2D eigenvalue weighted by Crippen LogP contribution is -2.31. The number of aryl methyl sites for hydroxylation is 1. The fourth-order valence-electron chi connectivity index (χ4n) is 4.61. The van der Waals surface area contributed by atoms with Crippen molar-refractivity contribution in [3.05, 3.63) is 11.4 Å². The highest BCUT2D eigenvalue weighted by Gasteiger charge is 2.50. The van der Waals surface area contributed by atoms with Gasteiger partial charge in [-0.15, -0.1) is 5.10 Å². The minimum absolute atomic E-state index is 0.0134. The molecular weight excluding hydrogens is 382 g/mol. The summed E-state index contributed by atoms with van der Waals surface area (Å²) in [6.45, 7) is 11.3. The average molecular weight is 420 g/mol. The smallest absolute Gasteiger partial charge is 0.407 e. The molecule has 3 atom stereocenters. The summed E-state index contributed by atoms with van der Waals surface area (Å²) in [5, 5.41) is 14.4. The van der Waals surface area contributed by atoms with Gasteiger partial charge in [0.15, 0.2) is 0 Å². The van der Waals surface area contributed by atoms with Crippen LogP contribution in [0.2, 0.25) is 0 Å². The van der Waals surface area contributed by atoms with E-state index in [1.54, 1.807) is 0 Å². The van der Waals surface area contributed by atoms with Crippen molar-refractivity contribution in [2.75, 3.05) is 13.2 Å². The number of hydrogen-bond acceptors (Lipinski definition) is 5. The molecule has 1 aromatic rings. The number of rotatable bonds is 7. The average Bonchev–Trinajstić information content (AvgIpc) is 3.10. The van der Waals surface area contributed by atoms with Gasteiger partial charge in [-0.1, -0.05) is 5.21 Å². The van der Waals surface area contributed by atoms with E-state index in [0.717, 1.165) is 31.4 Å². The van der Waals surface area contributed by atoms with Crippen molar-refractivity contribution in [2.45, 2.75) is 84.7 Å². The van der Waals surface area contributed by atoms with Crippen LogP contribution in [0.15, 0.2) is 0 Å². The monoisotopic (exact) mass is 419 g/mol. The van der Waals surface area contributed by atoms with E-state index in [1.807, 2.05) is 13.8 Å². The molecule has 0 aliphatic heterocycles. The summed E-state index contributed by atoms with van der Waals surface area (Å²) in [5.41, 5.74) is 2.35.